The van der Waals surface area contributed by atoms with Crippen molar-refractivity contribution in [1.29, 1.82) is 5.26 Å². The number of rotatable bonds is 11. The Morgan fingerprint density at radius 3 is 2.39 bits per heavy atom. The molecule has 44 heavy (non-hydrogen) atoms. The maximum absolute atomic E-state index is 14.3. The summed E-state index contributed by atoms with van der Waals surface area (Å²) in [6, 6.07) is 20.9. The monoisotopic (exact) mass is 655 g/mol. The molecule has 1 amide bonds. The number of anilines is 1. The van der Waals surface area contributed by atoms with Gasteiger partial charge in [0.15, 0.2) is 0 Å². The number of benzene rings is 3. The lowest BCUT2D eigenvalue weighted by Crippen LogP contribution is -2.58. The van der Waals surface area contributed by atoms with E-state index in [1.165, 1.54) is 4.31 Å². The number of morpholine rings is 1. The van der Waals surface area contributed by atoms with E-state index in [1.54, 1.807) is 77.7 Å². The lowest BCUT2D eigenvalue weighted by atomic mass is 9.89. The molecule has 1 N–H and O–H groups in total. The summed E-state index contributed by atoms with van der Waals surface area (Å²) in [7, 11) is -3.88. The van der Waals surface area contributed by atoms with Gasteiger partial charge in [0.2, 0.25) is 10.0 Å². The molecule has 1 aliphatic carbocycles. The smallest absolute Gasteiger partial charge is 0.306 e. The molecule has 230 valence electrons. The van der Waals surface area contributed by atoms with E-state index in [4.69, 9.17) is 27.9 Å². The normalized spacial score (nSPS) is 21.0. The van der Waals surface area contributed by atoms with E-state index in [9.17, 15) is 28.4 Å². The van der Waals surface area contributed by atoms with Crippen molar-refractivity contribution in [2.75, 3.05) is 10.8 Å². The SMILES string of the molecule is CC[C@H](CN(c1ccccc1C#N)S(=O)(=O)C1CC1)N1C(=O)[C@H](CC(=O)O)O[C@H](c2cccc(Cl)c2)[C@H]1c1ccc(Cl)cc1. The van der Waals surface area contributed by atoms with Crippen molar-refractivity contribution in [2.24, 2.45) is 0 Å². The third-order valence-electron chi connectivity index (χ3n) is 7.96. The minimum Gasteiger partial charge on any atom is -0.481 e. The van der Waals surface area contributed by atoms with Crippen LogP contribution >= 0.6 is 23.2 Å². The second-order valence-electron chi connectivity index (χ2n) is 10.9. The second kappa shape index (κ2) is 13.2. The van der Waals surface area contributed by atoms with Gasteiger partial charge in [-0.05, 0) is 66.8 Å². The van der Waals surface area contributed by atoms with E-state index in [0.29, 0.717) is 40.4 Å². The Hall–Kier alpha value is -3.62. The fourth-order valence-electron chi connectivity index (χ4n) is 5.68. The van der Waals surface area contributed by atoms with Crippen LogP contribution in [0, 0.1) is 11.3 Å². The number of carbonyl (C=O) groups is 2. The highest BCUT2D eigenvalue weighted by Crippen LogP contribution is 2.45. The molecule has 12 heteroatoms. The van der Waals surface area contributed by atoms with Crippen LogP contribution in [0.3, 0.4) is 0 Å². The number of halogens is 2. The highest BCUT2D eigenvalue weighted by molar-refractivity contribution is 7.93. The number of hydrogen-bond acceptors (Lipinski definition) is 6. The number of carboxylic acids is 1. The van der Waals surface area contributed by atoms with E-state index in [2.05, 4.69) is 6.07 Å². The number of sulfonamides is 1. The Balaban J connectivity index is 1.67. The molecule has 0 spiro atoms. The van der Waals surface area contributed by atoms with Gasteiger partial charge < -0.3 is 14.7 Å². The number of carboxylic acid groups (broad SMARTS) is 1. The first-order valence-electron chi connectivity index (χ1n) is 14.3. The third kappa shape index (κ3) is 6.57. The van der Waals surface area contributed by atoms with E-state index in [0.717, 1.165) is 0 Å². The Morgan fingerprint density at radius 2 is 1.77 bits per heavy atom. The molecule has 1 saturated carbocycles. The van der Waals surface area contributed by atoms with Crippen LogP contribution in [0.25, 0.3) is 0 Å². The van der Waals surface area contributed by atoms with Gasteiger partial charge in [-0.15, -0.1) is 0 Å². The van der Waals surface area contributed by atoms with Crippen LogP contribution in [0.4, 0.5) is 5.69 Å². The summed E-state index contributed by atoms with van der Waals surface area (Å²) in [5.41, 5.74) is 1.71. The predicted octanol–water partition coefficient (Wildman–Crippen LogP) is 6.13. The van der Waals surface area contributed by atoms with Crippen molar-refractivity contribution in [3.8, 4) is 6.07 Å². The van der Waals surface area contributed by atoms with Gasteiger partial charge in [-0.25, -0.2) is 8.42 Å². The van der Waals surface area contributed by atoms with Crippen LogP contribution in [-0.2, 0) is 24.3 Å². The van der Waals surface area contributed by atoms with Crippen molar-refractivity contribution in [3.05, 3.63) is 99.5 Å². The maximum Gasteiger partial charge on any atom is 0.306 e. The highest BCUT2D eigenvalue weighted by atomic mass is 35.5. The van der Waals surface area contributed by atoms with E-state index < -0.39 is 57.9 Å². The molecule has 9 nitrogen and oxygen atoms in total. The topological polar surface area (TPSA) is 128 Å². The van der Waals surface area contributed by atoms with Gasteiger partial charge in [0.05, 0.1) is 41.6 Å². The summed E-state index contributed by atoms with van der Waals surface area (Å²) in [6.07, 6.45) is -1.43. The van der Waals surface area contributed by atoms with Gasteiger partial charge >= 0.3 is 5.97 Å². The maximum atomic E-state index is 14.3. The summed E-state index contributed by atoms with van der Waals surface area (Å²) in [5, 5.41) is 19.9. The number of para-hydroxylation sites is 1. The minimum absolute atomic E-state index is 0.147. The van der Waals surface area contributed by atoms with Crippen LogP contribution in [0.1, 0.15) is 61.4 Å². The van der Waals surface area contributed by atoms with Crippen LogP contribution < -0.4 is 4.31 Å². The summed E-state index contributed by atoms with van der Waals surface area (Å²) < 4.78 is 35.3. The van der Waals surface area contributed by atoms with Crippen LogP contribution in [-0.4, -0.2) is 54.2 Å². The Bertz CT molecular complexity index is 1690. The number of hydrogen-bond donors (Lipinski definition) is 1. The largest absolute Gasteiger partial charge is 0.481 e. The number of nitriles is 1. The number of carbonyl (C=O) groups excluding carboxylic acids is 1. The second-order valence-corrected chi connectivity index (χ2v) is 13.9. The lowest BCUT2D eigenvalue weighted by molar-refractivity contribution is -0.183. The molecule has 0 aromatic heterocycles. The molecule has 0 unspecified atom stereocenters. The first kappa shape index (κ1) is 31.8. The zero-order valence-electron chi connectivity index (χ0n) is 23.8. The summed E-state index contributed by atoms with van der Waals surface area (Å²) in [5.74, 6) is -1.79. The number of aliphatic carboxylic acids is 1. The number of ether oxygens (including phenoxy) is 1. The van der Waals surface area contributed by atoms with Gasteiger partial charge in [-0.3, -0.25) is 13.9 Å². The first-order valence-corrected chi connectivity index (χ1v) is 16.5. The summed E-state index contributed by atoms with van der Waals surface area (Å²) in [4.78, 5) is 27.7. The van der Waals surface area contributed by atoms with Gasteiger partial charge in [0.1, 0.15) is 18.3 Å². The average Bonchev–Trinajstić information content (AvgIpc) is 3.86. The van der Waals surface area contributed by atoms with Crippen molar-refractivity contribution in [2.45, 2.75) is 62.1 Å². The molecule has 1 aliphatic heterocycles. The minimum atomic E-state index is -3.88. The Kier molecular flexibility index (Phi) is 9.51. The molecule has 4 atom stereocenters. The molecule has 1 heterocycles. The molecule has 5 rings (SSSR count). The molecule has 0 bridgehead atoms. The quantitative estimate of drug-likeness (QED) is 0.263. The van der Waals surface area contributed by atoms with Gasteiger partial charge in [-0.1, -0.05) is 66.5 Å². The van der Waals surface area contributed by atoms with E-state index >= 15 is 0 Å². The first-order chi connectivity index (χ1) is 21.0. The van der Waals surface area contributed by atoms with Crippen molar-refractivity contribution in [3.63, 3.8) is 0 Å². The number of amides is 1. The third-order valence-corrected chi connectivity index (χ3v) is 10.7. The van der Waals surface area contributed by atoms with Gasteiger partial charge in [-0.2, -0.15) is 5.26 Å². The van der Waals surface area contributed by atoms with E-state index in [-0.39, 0.29) is 17.8 Å². The fourth-order valence-corrected chi connectivity index (χ4v) is 7.91. The van der Waals surface area contributed by atoms with Crippen molar-refractivity contribution < 1.29 is 27.9 Å². The number of nitrogens with zero attached hydrogens (tertiary/aromatic N) is 3. The van der Waals surface area contributed by atoms with Crippen LogP contribution in [0.2, 0.25) is 10.0 Å². The standard InChI is InChI=1S/C32H31Cl2N3O6S/c1-2-25(19-36(44(41,42)26-14-15-26)27-9-4-3-6-22(27)18-35)37-30(20-10-12-23(33)13-11-20)31(21-7-5-8-24(34)16-21)43-28(32(37)40)17-29(38)39/h3-13,16,25-26,28,30-31H,2,14-15,17,19H2,1H3,(H,38,39)/t25-,28+,30-,31-/m1/s1. The molecule has 3 aromatic rings. The average molecular weight is 657 g/mol. The Labute approximate surface area is 266 Å². The zero-order valence-corrected chi connectivity index (χ0v) is 26.2. The summed E-state index contributed by atoms with van der Waals surface area (Å²) in [6.45, 7) is 1.69. The van der Waals surface area contributed by atoms with E-state index in [1.807, 2.05) is 6.92 Å². The van der Waals surface area contributed by atoms with Crippen LogP contribution in [0.5, 0.6) is 0 Å². The molecule has 3 aromatic carbocycles. The van der Waals surface area contributed by atoms with Gasteiger partial charge in [0, 0.05) is 10.0 Å². The fraction of sp³-hybridized carbons (Fsp3) is 0.344. The lowest BCUT2D eigenvalue weighted by Gasteiger charge is -2.48. The molecule has 2 aliphatic rings. The van der Waals surface area contributed by atoms with Crippen molar-refractivity contribution in [1.82, 2.24) is 4.90 Å². The molecule has 2 fully saturated rings. The van der Waals surface area contributed by atoms with Crippen molar-refractivity contribution >= 4 is 50.8 Å². The van der Waals surface area contributed by atoms with Crippen LogP contribution in [0.15, 0.2) is 72.8 Å². The molecule has 1 saturated heterocycles. The zero-order chi connectivity index (χ0) is 31.6. The molecular formula is C32H31Cl2N3O6S. The molecular weight excluding hydrogens is 625 g/mol. The molecule has 0 radical (unpaired) electrons. The highest BCUT2D eigenvalue weighted by Gasteiger charge is 2.49. The Morgan fingerprint density at radius 1 is 1.07 bits per heavy atom. The predicted molar refractivity (Wildman–Crippen MR) is 167 cm³/mol. The van der Waals surface area contributed by atoms with Gasteiger partial charge in [0.25, 0.3) is 5.91 Å². The summed E-state index contributed by atoms with van der Waals surface area (Å²) >= 11 is 12.6.